The van der Waals surface area contributed by atoms with Gasteiger partial charge in [-0.05, 0) is 0 Å². The fourth-order valence-electron chi connectivity index (χ4n) is 3.15. The number of aliphatic hydroxyl groups excluding tert-OH is 3. The van der Waals surface area contributed by atoms with Gasteiger partial charge in [0.05, 0.1) is 0 Å². The topological polar surface area (TPSA) is 192 Å². The standard InChI is InChI=1S/C18H25N4O8P/c1-8-4-11-12(5-9(8)2)22(17-15(21-11)18(26)20-10(3)19-17)6-13(23)16(25)14(24)7-30-31(27,28)29/h4-5,13-14,16,23-25,27-29,31H,3,6-7H2,1-2H3,(H,20,26)/t13-,14+,16-/m1/s1. The molecule has 7 N–H and O–H groups in total. The van der Waals surface area contributed by atoms with Crippen LogP contribution in [-0.2, 0) is 4.52 Å². The molecule has 2 aromatic rings. The first kappa shape index (κ1) is 23.4. The molecule has 31 heavy (non-hydrogen) atoms. The van der Waals surface area contributed by atoms with E-state index in [1.54, 1.807) is 12.1 Å². The van der Waals surface area contributed by atoms with E-state index in [1.807, 2.05) is 13.8 Å². The summed E-state index contributed by atoms with van der Waals surface area (Å²) in [5.74, 6) is 0.119. The van der Waals surface area contributed by atoms with Crippen molar-refractivity contribution in [2.24, 2.45) is 4.99 Å². The number of benzene rings is 1. The van der Waals surface area contributed by atoms with Crippen molar-refractivity contribution in [3.8, 4) is 0 Å². The molecule has 170 valence electrons. The van der Waals surface area contributed by atoms with Crippen LogP contribution in [0.25, 0.3) is 6.58 Å². The van der Waals surface area contributed by atoms with Crippen molar-refractivity contribution in [2.45, 2.75) is 32.2 Å². The molecule has 0 amide bonds. The summed E-state index contributed by atoms with van der Waals surface area (Å²) in [4.78, 5) is 51.6. The Kier molecular flexibility index (Phi) is 6.56. The molecule has 0 unspecified atom stereocenters. The number of anilines is 2. The van der Waals surface area contributed by atoms with Gasteiger partial charge >= 0.3 is 176 Å². The Morgan fingerprint density at radius 2 is 1.81 bits per heavy atom. The van der Waals surface area contributed by atoms with Crippen LogP contribution in [0.5, 0.6) is 0 Å². The van der Waals surface area contributed by atoms with Gasteiger partial charge in [-0.3, -0.25) is 0 Å². The molecule has 1 aromatic carbocycles. The monoisotopic (exact) mass is 456 g/mol. The average Bonchev–Trinajstić information content (AvgIpc) is 2.67. The number of fused-ring (bicyclic) bond motifs is 2. The molecule has 0 aliphatic carbocycles. The van der Waals surface area contributed by atoms with Crippen LogP contribution in [0.3, 0.4) is 0 Å². The first-order chi connectivity index (χ1) is 14.4. The average molecular weight is 456 g/mol. The molecular formula is C18H25N4O8P. The molecular weight excluding hydrogens is 431 g/mol. The number of hydrogen-bond acceptors (Lipinski definition) is 11. The van der Waals surface area contributed by atoms with Crippen molar-refractivity contribution < 1.29 is 34.5 Å². The van der Waals surface area contributed by atoms with Crippen LogP contribution in [0.2, 0.25) is 0 Å². The van der Waals surface area contributed by atoms with E-state index < -0.39 is 38.6 Å². The Morgan fingerprint density at radius 3 is 2.45 bits per heavy atom. The second-order valence-electron chi connectivity index (χ2n) is 7.34. The number of aromatic nitrogens is 2. The van der Waals surface area contributed by atoms with Crippen molar-refractivity contribution in [3.05, 3.63) is 44.5 Å². The van der Waals surface area contributed by atoms with Crippen LogP contribution in [0.1, 0.15) is 11.1 Å². The Labute approximate surface area is 176 Å². The van der Waals surface area contributed by atoms with Crippen molar-refractivity contribution in [3.63, 3.8) is 0 Å². The van der Waals surface area contributed by atoms with Gasteiger partial charge in [-0.15, -0.1) is 0 Å². The van der Waals surface area contributed by atoms with E-state index in [0.29, 0.717) is 11.4 Å². The molecule has 0 spiro atoms. The SMILES string of the molecule is C=c1nc2c(c(=O)[nH]1)=Nc1cc(C)c(C)cc1N2C[C@@H](O)[C@@H](O)[C@@H](O)CO[PH](O)(O)O. The molecule has 0 fully saturated rings. The van der Waals surface area contributed by atoms with E-state index in [-0.39, 0.29) is 23.2 Å². The summed E-state index contributed by atoms with van der Waals surface area (Å²) in [7, 11) is -4.89. The molecule has 0 saturated carbocycles. The fraction of sp³-hybridized carbons (Fsp3) is 0.389. The van der Waals surface area contributed by atoms with E-state index in [1.165, 1.54) is 4.90 Å². The number of hydrogen-bond donors (Lipinski definition) is 7. The predicted octanol–water partition coefficient (Wildman–Crippen LogP) is -2.31. The van der Waals surface area contributed by atoms with Gasteiger partial charge in [0.25, 0.3) is 0 Å². The molecule has 2 heterocycles. The second-order valence-corrected chi connectivity index (χ2v) is 8.78. The zero-order valence-corrected chi connectivity index (χ0v) is 17.8. The minimum atomic E-state index is -4.89. The summed E-state index contributed by atoms with van der Waals surface area (Å²) < 4.78 is 4.32. The van der Waals surface area contributed by atoms with Gasteiger partial charge in [0.1, 0.15) is 0 Å². The van der Waals surface area contributed by atoms with Crippen LogP contribution in [-0.4, -0.2) is 71.4 Å². The van der Waals surface area contributed by atoms with Crippen LogP contribution < -0.4 is 21.3 Å². The number of nitrogens with zero attached hydrogens (tertiary/aromatic N) is 3. The maximum absolute atomic E-state index is 12.4. The molecule has 1 aromatic heterocycles. The summed E-state index contributed by atoms with van der Waals surface area (Å²) in [6, 6.07) is 3.57. The van der Waals surface area contributed by atoms with Crippen molar-refractivity contribution in [1.29, 1.82) is 0 Å². The van der Waals surface area contributed by atoms with Crippen LogP contribution >= 0.6 is 8.17 Å². The molecule has 0 bridgehead atoms. The van der Waals surface area contributed by atoms with Gasteiger partial charge in [-0.2, -0.15) is 0 Å². The molecule has 12 nitrogen and oxygen atoms in total. The number of nitrogens with one attached hydrogen (secondary N) is 1. The number of aromatic amines is 1. The summed E-state index contributed by atoms with van der Waals surface area (Å²) >= 11 is 0. The fourth-order valence-corrected chi connectivity index (χ4v) is 3.54. The van der Waals surface area contributed by atoms with Gasteiger partial charge in [-0.25, -0.2) is 0 Å². The number of aliphatic hydroxyl groups is 3. The van der Waals surface area contributed by atoms with Gasteiger partial charge in [0.2, 0.25) is 0 Å². The molecule has 0 saturated heterocycles. The normalized spacial score (nSPS) is 16.7. The first-order valence-electron chi connectivity index (χ1n) is 9.29. The summed E-state index contributed by atoms with van der Waals surface area (Å²) in [5, 5.41) is 30.8. The third-order valence-corrected chi connectivity index (χ3v) is 5.45. The number of rotatable bonds is 7. The number of β-amino-alcohol motifs (C(OH)–C–C–N with tert-alkyl or cyclic N) is 1. The maximum atomic E-state index is 12.4. The molecule has 1 aliphatic heterocycles. The molecule has 3 atom stereocenters. The Morgan fingerprint density at radius 1 is 1.16 bits per heavy atom. The van der Waals surface area contributed by atoms with Crippen LogP contribution in [0, 0.1) is 13.8 Å². The van der Waals surface area contributed by atoms with Crippen molar-refractivity contribution in [1.82, 2.24) is 9.97 Å². The number of aryl methyl sites for hydroxylation is 2. The van der Waals surface area contributed by atoms with E-state index in [2.05, 4.69) is 26.1 Å². The summed E-state index contributed by atoms with van der Waals surface area (Å²) in [5.41, 5.74) is 2.39. The Bertz CT molecular complexity index is 1150. The molecule has 1 aliphatic rings. The van der Waals surface area contributed by atoms with Crippen molar-refractivity contribution in [2.75, 3.05) is 18.1 Å². The van der Waals surface area contributed by atoms with Crippen LogP contribution in [0.4, 0.5) is 17.2 Å². The molecule has 13 heteroatoms. The van der Waals surface area contributed by atoms with Gasteiger partial charge in [0, 0.05) is 0 Å². The van der Waals surface area contributed by atoms with Gasteiger partial charge in [0.15, 0.2) is 0 Å². The summed E-state index contributed by atoms with van der Waals surface area (Å²) in [6.07, 6.45) is -5.10. The Balaban J connectivity index is 1.97. The van der Waals surface area contributed by atoms with E-state index >= 15 is 0 Å². The zero-order valence-electron chi connectivity index (χ0n) is 16.8. The van der Waals surface area contributed by atoms with Gasteiger partial charge in [-0.1, -0.05) is 0 Å². The van der Waals surface area contributed by atoms with Gasteiger partial charge < -0.3 is 0 Å². The second kappa shape index (κ2) is 8.69. The third kappa shape index (κ3) is 5.14. The summed E-state index contributed by atoms with van der Waals surface area (Å²) in [6.45, 7) is 6.27. The molecule has 3 rings (SSSR count). The first-order valence-corrected chi connectivity index (χ1v) is 11.0. The Hall–Kier alpha value is -2.28. The van der Waals surface area contributed by atoms with Crippen LogP contribution in [0.15, 0.2) is 21.9 Å². The van der Waals surface area contributed by atoms with Crippen molar-refractivity contribution >= 4 is 31.9 Å². The predicted molar refractivity (Wildman–Crippen MR) is 113 cm³/mol. The van der Waals surface area contributed by atoms with E-state index in [4.69, 9.17) is 14.7 Å². The third-order valence-electron chi connectivity index (χ3n) is 4.90. The van der Waals surface area contributed by atoms with E-state index in [0.717, 1.165) is 11.1 Å². The quantitative estimate of drug-likeness (QED) is 0.223. The van der Waals surface area contributed by atoms with E-state index in [9.17, 15) is 20.1 Å². The minimum absolute atomic E-state index is 0.00495. The number of H-pyrrole nitrogens is 1. The zero-order chi connectivity index (χ0) is 23.1. The molecule has 0 radical (unpaired) electrons.